The molecule has 3 saturated heterocycles. The zero-order chi connectivity index (χ0) is 85.3. The molecule has 31 nitrogen and oxygen atoms in total. The molecule has 0 spiro atoms. The first-order valence-electron chi connectivity index (χ1n) is 42.8. The Balaban J connectivity index is 0.000000138. The number of nitrogens with two attached hydrogens (primary N) is 1. The molecule has 15 heterocycles. The number of carbonyl (C=O) groups excluding carboxylic acids is 2. The zero-order valence-corrected chi connectivity index (χ0v) is 73.2. The number of nitrogens with zero attached hydrogens (tertiary/aromatic N) is 17. The Hall–Kier alpha value is -11.4. The maximum Gasteiger partial charge on any atom is 0.341 e. The van der Waals surface area contributed by atoms with Crippen molar-refractivity contribution in [1.29, 1.82) is 0 Å². The number of aromatic carboxylic acids is 1. The van der Waals surface area contributed by atoms with Crippen molar-refractivity contribution >= 4 is 85.3 Å². The first-order chi connectivity index (χ1) is 59.6. The molecule has 0 radical (unpaired) electrons. The summed E-state index contributed by atoms with van der Waals surface area (Å²) in [7, 11) is 5.82. The molecule has 0 unspecified atom stereocenters. The minimum absolute atomic E-state index is 0. The number of hydrogen-bond donors (Lipinski definition) is 8. The van der Waals surface area contributed by atoms with Crippen molar-refractivity contribution in [2.75, 3.05) is 75.9 Å². The van der Waals surface area contributed by atoms with E-state index in [-0.39, 0.29) is 63.4 Å². The van der Waals surface area contributed by atoms with Crippen molar-refractivity contribution in [2.24, 2.45) is 5.73 Å². The van der Waals surface area contributed by atoms with E-state index in [0.29, 0.717) is 77.8 Å². The molecule has 3 aliphatic heterocycles. The average Bonchev–Trinajstić information content (AvgIpc) is 1.61. The Morgan fingerprint density at radius 1 is 0.472 bits per heavy atom. The van der Waals surface area contributed by atoms with Crippen molar-refractivity contribution in [2.45, 2.75) is 183 Å². The quantitative estimate of drug-likeness (QED) is 0.0292. The van der Waals surface area contributed by atoms with Crippen molar-refractivity contribution < 1.29 is 69.4 Å². The van der Waals surface area contributed by atoms with Crippen LogP contribution in [0, 0.1) is 7.43 Å². The van der Waals surface area contributed by atoms with Gasteiger partial charge in [0.05, 0.1) is 64.6 Å². The fraction of sp³-hybridized carbons (Fsp3) is 0.409. The summed E-state index contributed by atoms with van der Waals surface area (Å²) >= 11 is 0. The number of carbonyl (C=O) groups is 3. The second-order valence-corrected chi connectivity index (χ2v) is 34.1. The van der Waals surface area contributed by atoms with Gasteiger partial charge in [-0.3, -0.25) is 9.59 Å². The second kappa shape index (κ2) is 37.8. The summed E-state index contributed by atoms with van der Waals surface area (Å²) in [6.07, 6.45) is 29.4. The summed E-state index contributed by atoms with van der Waals surface area (Å²) in [5.41, 5.74) is 15.2. The van der Waals surface area contributed by atoms with Crippen LogP contribution in [0.2, 0.25) is 0 Å². The number of carboxylic acids is 1. The van der Waals surface area contributed by atoms with Gasteiger partial charge in [-0.25, -0.2) is 34.7 Å². The number of aliphatic hydroxyl groups is 3. The third-order valence-corrected chi connectivity index (χ3v) is 25.5. The number of pyridine rings is 3. The van der Waals surface area contributed by atoms with E-state index in [1.165, 1.54) is 6.20 Å². The molecule has 6 fully saturated rings. The molecule has 9 N–H and O–H groups in total. The van der Waals surface area contributed by atoms with E-state index in [4.69, 9.17) is 39.9 Å². The van der Waals surface area contributed by atoms with Gasteiger partial charge in [-0.1, -0.05) is 60.7 Å². The molecule has 32 heteroatoms. The molecule has 658 valence electrons. The number of amides is 2. The molecule has 3 aliphatic carbocycles. The number of benzene rings is 2. The molecular formula is C93H110N21O10Pd-. The number of hydrogen-bond acceptors (Lipinski definition) is 22. The van der Waals surface area contributed by atoms with Gasteiger partial charge < -0.3 is 87.2 Å². The maximum atomic E-state index is 13.7. The first kappa shape index (κ1) is 88.4. The fourth-order valence-electron chi connectivity index (χ4n) is 18.3. The van der Waals surface area contributed by atoms with Crippen LogP contribution in [-0.2, 0) is 47.7 Å². The van der Waals surface area contributed by atoms with Gasteiger partial charge in [0.15, 0.2) is 16.9 Å². The molecule has 125 heavy (non-hydrogen) atoms. The summed E-state index contributed by atoms with van der Waals surface area (Å²) in [5, 5.41) is 66.3. The summed E-state index contributed by atoms with van der Waals surface area (Å²) in [6.45, 7) is 11.0. The van der Waals surface area contributed by atoms with Gasteiger partial charge in [0.25, 0.3) is 11.8 Å². The number of carboxylic acid groups (broad SMARTS) is 1. The Morgan fingerprint density at radius 2 is 0.824 bits per heavy atom. The largest absolute Gasteiger partial charge is 0.477 e. The molecule has 20 rings (SSSR count). The van der Waals surface area contributed by atoms with Crippen LogP contribution in [0.4, 0.5) is 17.5 Å². The van der Waals surface area contributed by atoms with E-state index in [1.54, 1.807) is 46.0 Å². The van der Waals surface area contributed by atoms with Crippen LogP contribution in [-0.4, -0.2) is 206 Å². The molecule has 3 saturated carbocycles. The van der Waals surface area contributed by atoms with Crippen molar-refractivity contribution in [3.8, 4) is 33.8 Å². The standard InChI is InChI=1S/C33H37N7O3.C27H26N6O3.C26H31N7O3.C6H13NO.CH3.Pd/c1-33(42)14-6-11-28(33)37-32(41)25-19-35-40-29(38(2)20-22-8-4-3-5-9-22)18-27(36-31(25)40)26-21-39(23-12-16-43-17-13-23)30-24(26)10-7-15-34-30;1-31(16-18-6-3-2-4-7-18)24-14-23(30-26-21(27(34)35)15-29-33(24)26)22-17-32(19-9-12-36-13-10-19)25-20(22)8-5-11-28-25;1-26(35)9-3-6-21(26)31-25(34)18-14-29-33-22(27-2)13-20(30-24(18)33)19-15-32(16-7-11-36-12-8-16)23-17(19)5-4-10-28-23;1-6(8)4-2-3-5(6)7;;/h3-5,7-10,15,18-19,21,23,28,42H,6,11-14,16-17,20H2,1-2H3,(H,37,41);2-8,11,14-15,17,19H,9-10,12-13,16H2,1H3,(H,34,35);4-5,10,13-16,21,27,35H,3,6-9,11-12H2,1-2H3,(H,31,34);5,8H,2-4,7H2,1H3;1H3;/q;;;;-1;/t28-,33-;;21-,26-;5-,6-;;/m0.00../s1. The molecule has 12 aromatic heterocycles. The summed E-state index contributed by atoms with van der Waals surface area (Å²) < 4.78 is 28.5. The third-order valence-electron chi connectivity index (χ3n) is 25.5. The number of rotatable bonds is 18. The summed E-state index contributed by atoms with van der Waals surface area (Å²) in [4.78, 5) is 72.0. The van der Waals surface area contributed by atoms with Crippen LogP contribution in [0.1, 0.15) is 177 Å². The minimum atomic E-state index is -1.06. The van der Waals surface area contributed by atoms with Gasteiger partial charge in [0.1, 0.15) is 51.1 Å². The SMILES string of the molecule is CN(Cc1ccccc1)c1cc(-c2cn(C3CCOCC3)c3ncccc23)nc2c(C(=O)N[C@H]3CCC[C@]3(C)O)cnn12.CN(Cc1ccccc1)c1cc(-c2cn(C3CCOCC3)c3ncccc23)nc2c(C(=O)O)cnn12.CNc1cc(-c2cn(C3CCOCC3)c3ncccc23)nc2c(C(=O)N[C@H]3CCC[C@]3(C)O)cnn12.C[C@]1(O)CCC[C@@H]1N.[CH3-].[Pd]. The van der Waals surface area contributed by atoms with Crippen molar-refractivity contribution in [1.82, 2.24) is 83.1 Å². The second-order valence-electron chi connectivity index (χ2n) is 34.1. The van der Waals surface area contributed by atoms with Crippen LogP contribution < -0.4 is 31.5 Å². The van der Waals surface area contributed by atoms with Crippen LogP contribution in [0.3, 0.4) is 0 Å². The maximum absolute atomic E-state index is 13.7. The third kappa shape index (κ3) is 18.4. The van der Waals surface area contributed by atoms with Crippen LogP contribution in [0.5, 0.6) is 0 Å². The molecule has 2 amide bonds. The molecule has 6 aliphatic rings. The van der Waals surface area contributed by atoms with Crippen LogP contribution >= 0.6 is 0 Å². The van der Waals surface area contributed by atoms with Gasteiger partial charge in [-0.2, -0.15) is 28.8 Å². The van der Waals surface area contributed by atoms with Gasteiger partial charge in [0.2, 0.25) is 0 Å². The van der Waals surface area contributed by atoms with Gasteiger partial charge >= 0.3 is 5.97 Å². The van der Waals surface area contributed by atoms with Crippen molar-refractivity contribution in [3.05, 3.63) is 206 Å². The Bertz CT molecular complexity index is 6140. The van der Waals surface area contributed by atoms with Gasteiger partial charge in [-0.15, -0.1) is 0 Å². The fourth-order valence-corrected chi connectivity index (χ4v) is 18.3. The van der Waals surface area contributed by atoms with E-state index >= 15 is 0 Å². The van der Waals surface area contributed by atoms with E-state index < -0.39 is 22.8 Å². The van der Waals surface area contributed by atoms with E-state index in [2.05, 4.69) is 120 Å². The smallest absolute Gasteiger partial charge is 0.341 e. The van der Waals surface area contributed by atoms with E-state index in [1.807, 2.05) is 119 Å². The number of anilines is 3. The van der Waals surface area contributed by atoms with E-state index in [0.717, 1.165) is 213 Å². The predicted molar refractivity (Wildman–Crippen MR) is 476 cm³/mol. The van der Waals surface area contributed by atoms with Gasteiger partial charge in [-0.05, 0) is 165 Å². The van der Waals surface area contributed by atoms with Gasteiger partial charge in [0, 0.05) is 207 Å². The minimum Gasteiger partial charge on any atom is -0.477 e. The zero-order valence-electron chi connectivity index (χ0n) is 71.6. The topological polar surface area (TPSA) is 372 Å². The molecule has 0 bridgehead atoms. The summed E-state index contributed by atoms with van der Waals surface area (Å²) in [5.74, 6) is 0.661. The number of aromatic nitrogens is 15. The van der Waals surface area contributed by atoms with Crippen molar-refractivity contribution in [3.63, 3.8) is 0 Å². The Morgan fingerprint density at radius 3 is 1.17 bits per heavy atom. The Kier molecular flexibility index (Phi) is 26.7. The predicted octanol–water partition coefficient (Wildman–Crippen LogP) is 13.1. The Labute approximate surface area is 738 Å². The summed E-state index contributed by atoms with van der Waals surface area (Å²) in [6, 6.07) is 38.6. The number of fused-ring (bicyclic) bond motifs is 6. The van der Waals surface area contributed by atoms with Crippen LogP contribution in [0.25, 0.3) is 83.8 Å². The van der Waals surface area contributed by atoms with E-state index in [9.17, 15) is 34.8 Å². The molecule has 2 aromatic carbocycles. The monoisotopic (exact) mass is 1790 g/mol. The molecular weight excluding hydrogens is 1680 g/mol. The average molecular weight is 1790 g/mol. The number of nitrogens with one attached hydrogen (secondary N) is 3. The normalized spacial score (nSPS) is 21.1. The van der Waals surface area contributed by atoms with Crippen LogP contribution in [0.15, 0.2) is 171 Å². The molecule has 6 atom stereocenters. The first-order valence-corrected chi connectivity index (χ1v) is 42.8. The number of ether oxygens (including phenoxy) is 3. The molecule has 14 aromatic rings.